The van der Waals surface area contributed by atoms with Crippen molar-refractivity contribution in [1.82, 2.24) is 0 Å². The highest BCUT2D eigenvalue weighted by molar-refractivity contribution is 7.95. The quantitative estimate of drug-likeness (QED) is 0.178. The van der Waals surface area contributed by atoms with Crippen molar-refractivity contribution >= 4 is 21.0 Å². The van der Waals surface area contributed by atoms with E-state index in [0.717, 1.165) is 5.75 Å². The summed E-state index contributed by atoms with van der Waals surface area (Å²) in [4.78, 5) is 3.58. The predicted octanol–water partition coefficient (Wildman–Crippen LogP) is 5.18. The highest BCUT2D eigenvalue weighted by Gasteiger charge is 2.81. The second-order valence-electron chi connectivity index (χ2n) is 5.98. The molecule has 0 saturated carbocycles. The molecule has 19 heteroatoms. The highest BCUT2D eigenvalue weighted by Crippen LogP contribution is 2.51. The van der Waals surface area contributed by atoms with E-state index in [1.54, 1.807) is 7.11 Å². The second kappa shape index (κ2) is 11.4. The maximum Gasteiger partial charge on any atom is 0.448 e. The Bertz CT molecular complexity index is 873. The summed E-state index contributed by atoms with van der Waals surface area (Å²) in [5.41, 5.74) is 0. The molecule has 0 saturated heterocycles. The van der Waals surface area contributed by atoms with E-state index < -0.39 is 46.2 Å². The van der Waals surface area contributed by atoms with E-state index in [-0.39, 0.29) is 0 Å². The summed E-state index contributed by atoms with van der Waals surface area (Å²) in [6, 6.07) is 8.23. The Labute approximate surface area is 187 Å². The maximum atomic E-state index is 12.8. The van der Waals surface area contributed by atoms with Gasteiger partial charge in [0.15, 0.2) is 4.90 Å². The minimum atomic E-state index is -7.55. The van der Waals surface area contributed by atoms with Gasteiger partial charge in [0.05, 0.1) is 7.11 Å². The summed E-state index contributed by atoms with van der Waals surface area (Å²) in [5, 5.41) is -7.20. The van der Waals surface area contributed by atoms with Gasteiger partial charge < -0.3 is 4.74 Å². The molecule has 0 heterocycles. The maximum absolute atomic E-state index is 12.8. The van der Waals surface area contributed by atoms with Crippen LogP contribution in [0.2, 0.25) is 0 Å². The zero-order valence-electron chi connectivity index (χ0n) is 16.9. The predicted molar refractivity (Wildman–Crippen MR) is 93.4 cm³/mol. The van der Waals surface area contributed by atoms with E-state index in [1.165, 1.54) is 4.90 Å². The van der Waals surface area contributed by atoms with Gasteiger partial charge in [0, 0.05) is 10.9 Å². The first-order valence-corrected chi connectivity index (χ1v) is 11.4. The summed E-state index contributed by atoms with van der Waals surface area (Å²) in [6.45, 7) is 0. The van der Waals surface area contributed by atoms with E-state index in [2.05, 4.69) is 33.9 Å². The zero-order chi connectivity index (χ0) is 27.3. The monoisotopic (exact) mass is 567 g/mol. The largest absolute Gasteiger partial charge is 0.497 e. The Kier molecular flexibility index (Phi) is 10.9. The third kappa shape index (κ3) is 7.45. The zero-order valence-corrected chi connectivity index (χ0v) is 18.5. The third-order valence-electron chi connectivity index (χ3n) is 3.37. The fourth-order valence-corrected chi connectivity index (χ4v) is 2.91. The molecule has 0 aromatic heterocycles. The van der Waals surface area contributed by atoms with Gasteiger partial charge in [-0.25, -0.2) is 13.2 Å². The molecular weight excluding hydrogens is 552 g/mol. The van der Waals surface area contributed by atoms with Crippen LogP contribution in [0.15, 0.2) is 29.2 Å². The molecule has 0 spiro atoms. The van der Waals surface area contributed by atoms with Crippen molar-refractivity contribution in [1.29, 1.82) is 0 Å². The molecule has 1 unspecified atom stereocenters. The number of halogens is 12. The fourth-order valence-electron chi connectivity index (χ4n) is 1.52. The number of alkyl halides is 12. The Morgan fingerprint density at radius 2 is 1.29 bits per heavy atom. The molecule has 1 atom stereocenters. The standard InChI is InChI=1S/C9H13OS.C6H2F12O4S/c1-10-8-4-6-9(7-5-8)11(2)3;7-1(8)3(10,11)5(15,16)6(17,18)23(19,20)22-21-2(9)4(12,13)14/h4-7H,1-3H3;1-2H/q+1;. The lowest BCUT2D eigenvalue weighted by atomic mass is 10.2. The lowest BCUT2D eigenvalue weighted by molar-refractivity contribution is -0.371. The smallest absolute Gasteiger partial charge is 0.448 e. The van der Waals surface area contributed by atoms with Crippen LogP contribution >= 0.6 is 0 Å². The molecule has 0 fully saturated rings. The number of hydrogen-bond acceptors (Lipinski definition) is 5. The molecule has 0 radical (unpaired) electrons. The van der Waals surface area contributed by atoms with Gasteiger partial charge in [0.2, 0.25) is 0 Å². The molecule has 0 aliphatic carbocycles. The third-order valence-corrected chi connectivity index (χ3v) is 5.73. The van der Waals surface area contributed by atoms with Crippen molar-refractivity contribution in [3.8, 4) is 5.75 Å². The molecule has 1 rings (SSSR count). The van der Waals surface area contributed by atoms with Crippen LogP contribution in [0.1, 0.15) is 0 Å². The minimum Gasteiger partial charge on any atom is -0.497 e. The van der Waals surface area contributed by atoms with E-state index in [1.807, 2.05) is 12.1 Å². The van der Waals surface area contributed by atoms with Crippen molar-refractivity contribution < 1.29 is 75.1 Å². The highest BCUT2D eigenvalue weighted by atomic mass is 32.2. The van der Waals surface area contributed by atoms with Gasteiger partial charge in [0.25, 0.3) is 0 Å². The van der Waals surface area contributed by atoms with Gasteiger partial charge in [-0.15, -0.1) is 0 Å². The molecular formula is C15H15F12O5S2+. The molecule has 200 valence electrons. The van der Waals surface area contributed by atoms with Crippen LogP contribution in [0, 0.1) is 0 Å². The molecule has 0 bridgehead atoms. The summed E-state index contributed by atoms with van der Waals surface area (Å²) in [5.74, 6) is -13.4. The van der Waals surface area contributed by atoms with E-state index in [4.69, 9.17) is 4.74 Å². The topological polar surface area (TPSA) is 61.8 Å². The van der Waals surface area contributed by atoms with Crippen molar-refractivity contribution in [2.75, 3.05) is 19.6 Å². The SMILES string of the molecule is COc1ccc([S+](C)C)cc1.O=S(=O)(OOC(F)C(F)(F)F)C(F)(F)C(F)(F)C(F)(F)C(F)F. The molecule has 34 heavy (non-hydrogen) atoms. The Morgan fingerprint density at radius 1 is 0.853 bits per heavy atom. The van der Waals surface area contributed by atoms with E-state index >= 15 is 0 Å². The van der Waals surface area contributed by atoms with Gasteiger partial charge in [-0.1, -0.05) is 4.33 Å². The van der Waals surface area contributed by atoms with Crippen LogP contribution in [0.25, 0.3) is 0 Å². The van der Waals surface area contributed by atoms with E-state index in [9.17, 15) is 61.1 Å². The molecule has 1 aromatic rings. The molecule has 1 aromatic carbocycles. The van der Waals surface area contributed by atoms with Crippen molar-refractivity contribution in [2.45, 2.75) is 41.0 Å². The first kappa shape index (κ1) is 32.4. The van der Waals surface area contributed by atoms with Crippen LogP contribution in [0.3, 0.4) is 0 Å². The van der Waals surface area contributed by atoms with Gasteiger partial charge >= 0.3 is 46.2 Å². The van der Waals surface area contributed by atoms with Gasteiger partial charge in [-0.05, 0) is 24.3 Å². The average molecular weight is 567 g/mol. The minimum absolute atomic E-state index is 0.355. The lowest BCUT2D eigenvalue weighted by Gasteiger charge is -2.30. The van der Waals surface area contributed by atoms with Gasteiger partial charge in [-0.3, -0.25) is 0 Å². The van der Waals surface area contributed by atoms with Gasteiger partial charge in [-0.2, -0.15) is 52.8 Å². The van der Waals surface area contributed by atoms with Crippen LogP contribution in [-0.2, 0) is 30.2 Å². The summed E-state index contributed by atoms with van der Waals surface area (Å²) < 4.78 is 174. The average Bonchev–Trinajstić information content (AvgIpc) is 2.71. The van der Waals surface area contributed by atoms with Crippen LogP contribution in [0.5, 0.6) is 5.75 Å². The number of benzene rings is 1. The molecule has 0 N–H and O–H groups in total. The molecule has 0 aliphatic heterocycles. The number of ether oxygens (including phenoxy) is 1. The van der Waals surface area contributed by atoms with Crippen molar-refractivity contribution in [2.24, 2.45) is 0 Å². The molecule has 0 amide bonds. The summed E-state index contributed by atoms with van der Waals surface area (Å²) in [7, 11) is -5.51. The summed E-state index contributed by atoms with van der Waals surface area (Å²) in [6.07, 6.45) is -11.9. The number of hydrogen-bond donors (Lipinski definition) is 0. The Morgan fingerprint density at radius 3 is 1.62 bits per heavy atom. The van der Waals surface area contributed by atoms with Crippen LogP contribution in [-0.4, -0.2) is 64.1 Å². The second-order valence-corrected chi connectivity index (χ2v) is 9.64. The van der Waals surface area contributed by atoms with Gasteiger partial charge in [0.1, 0.15) is 18.3 Å². The first-order chi connectivity index (χ1) is 15.1. The Hall–Kier alpha value is -1.60. The van der Waals surface area contributed by atoms with Crippen molar-refractivity contribution in [3.05, 3.63) is 24.3 Å². The van der Waals surface area contributed by atoms with Crippen LogP contribution in [0.4, 0.5) is 52.7 Å². The first-order valence-electron chi connectivity index (χ1n) is 7.99. The molecule has 0 aliphatic rings. The number of methoxy groups -OCH3 is 1. The normalized spacial score (nSPS) is 14.6. The Balaban J connectivity index is 0.000000818. The summed E-state index contributed by atoms with van der Waals surface area (Å²) >= 11 is 0. The number of rotatable bonds is 9. The van der Waals surface area contributed by atoms with Crippen LogP contribution < -0.4 is 4.74 Å². The fraction of sp³-hybridized carbons (Fsp3) is 0.600. The van der Waals surface area contributed by atoms with Crippen molar-refractivity contribution in [3.63, 3.8) is 0 Å². The molecule has 5 nitrogen and oxygen atoms in total. The lowest BCUT2D eigenvalue weighted by Crippen LogP contribution is -2.60. The van der Waals surface area contributed by atoms with E-state index in [0.29, 0.717) is 10.9 Å².